The number of carbonyl (C=O) groups is 1. The second-order valence-electron chi connectivity index (χ2n) is 7.97. The van der Waals surface area contributed by atoms with Gasteiger partial charge in [0.1, 0.15) is 0 Å². The van der Waals surface area contributed by atoms with Gasteiger partial charge in [0, 0.05) is 24.2 Å². The number of ketones is 1. The molecule has 0 aliphatic carbocycles. The van der Waals surface area contributed by atoms with Gasteiger partial charge in [-0.2, -0.15) is 4.31 Å². The van der Waals surface area contributed by atoms with E-state index >= 15 is 0 Å². The van der Waals surface area contributed by atoms with Crippen LogP contribution in [-0.4, -0.2) is 31.6 Å². The van der Waals surface area contributed by atoms with Crippen LogP contribution in [-0.2, 0) is 10.0 Å². The van der Waals surface area contributed by atoms with E-state index in [9.17, 15) is 13.2 Å². The highest BCUT2D eigenvalue weighted by molar-refractivity contribution is 7.89. The van der Waals surface area contributed by atoms with Crippen molar-refractivity contribution in [2.75, 3.05) is 13.1 Å². The summed E-state index contributed by atoms with van der Waals surface area (Å²) in [7, 11) is -3.64. The Morgan fingerprint density at radius 2 is 1.39 bits per heavy atom. The lowest BCUT2D eigenvalue weighted by Crippen LogP contribution is -2.28. The molecule has 4 nitrogen and oxygen atoms in total. The zero-order chi connectivity index (χ0) is 22.0. The molecule has 0 spiro atoms. The number of allylic oxidation sites excluding steroid dienone is 1. The quantitative estimate of drug-likeness (QED) is 0.423. The summed E-state index contributed by atoms with van der Waals surface area (Å²) in [5.41, 5.74) is 3.87. The minimum absolute atomic E-state index is 0.0666. The van der Waals surface area contributed by atoms with Crippen molar-refractivity contribution >= 4 is 21.4 Å². The lowest BCUT2D eigenvalue weighted by Gasteiger charge is -2.16. The predicted molar refractivity (Wildman–Crippen MR) is 123 cm³/mol. The summed E-state index contributed by atoms with van der Waals surface area (Å²) < 4.78 is 28.0. The number of Topliss-reactive ketones (excluding diaryl/α,β-unsaturated/α-hetero) is 1. The molecule has 1 atom stereocenters. The fraction of sp³-hybridized carbons (Fsp3) is 0.192. The number of hydrogen-bond acceptors (Lipinski definition) is 3. The van der Waals surface area contributed by atoms with E-state index < -0.39 is 10.0 Å². The summed E-state index contributed by atoms with van der Waals surface area (Å²) in [6.45, 7) is 4.47. The number of carbonyl (C=O) groups excluding carboxylic acids is 1. The van der Waals surface area contributed by atoms with Crippen molar-refractivity contribution in [2.24, 2.45) is 5.92 Å². The van der Waals surface area contributed by atoms with Gasteiger partial charge in [-0.3, -0.25) is 4.79 Å². The maximum Gasteiger partial charge on any atom is 0.243 e. The average Bonchev–Trinajstić information content (AvgIpc) is 3.17. The van der Waals surface area contributed by atoms with Crippen LogP contribution in [0.25, 0.3) is 5.57 Å². The Bertz CT molecular complexity index is 1210. The number of benzene rings is 3. The lowest BCUT2D eigenvalue weighted by atomic mass is 9.88. The molecule has 0 N–H and O–H groups in total. The highest BCUT2D eigenvalue weighted by Gasteiger charge is 2.36. The molecule has 0 bridgehead atoms. The van der Waals surface area contributed by atoms with Crippen LogP contribution < -0.4 is 0 Å². The van der Waals surface area contributed by atoms with Gasteiger partial charge in [-0.05, 0) is 36.1 Å². The predicted octanol–water partition coefficient (Wildman–Crippen LogP) is 4.97. The number of rotatable bonds is 5. The molecule has 3 aromatic rings. The second kappa shape index (κ2) is 8.61. The Balaban J connectivity index is 1.78. The summed E-state index contributed by atoms with van der Waals surface area (Å²) in [5.74, 6) is -0.147. The maximum absolute atomic E-state index is 13.5. The normalized spacial score (nSPS) is 18.7. The first-order valence-corrected chi connectivity index (χ1v) is 11.8. The molecule has 1 heterocycles. The van der Waals surface area contributed by atoms with Crippen LogP contribution in [0.1, 0.15) is 28.4 Å². The van der Waals surface area contributed by atoms with Crippen LogP contribution in [0.5, 0.6) is 0 Å². The summed E-state index contributed by atoms with van der Waals surface area (Å²) in [6, 6.07) is 25.6. The zero-order valence-corrected chi connectivity index (χ0v) is 18.5. The molecule has 0 unspecified atom stereocenters. The molecule has 1 aliphatic heterocycles. The van der Waals surface area contributed by atoms with Crippen LogP contribution >= 0.6 is 0 Å². The first kappa shape index (κ1) is 21.2. The Morgan fingerprint density at radius 3 is 1.97 bits per heavy atom. The molecule has 5 heteroatoms. The minimum atomic E-state index is -3.64. The Labute approximate surface area is 183 Å². The maximum atomic E-state index is 13.5. The van der Waals surface area contributed by atoms with Crippen molar-refractivity contribution in [3.8, 4) is 0 Å². The molecular formula is C26H25NO3S. The molecule has 4 rings (SSSR count). The van der Waals surface area contributed by atoms with Crippen molar-refractivity contribution in [3.05, 3.63) is 107 Å². The topological polar surface area (TPSA) is 54.5 Å². The van der Waals surface area contributed by atoms with Crippen LogP contribution in [0.4, 0.5) is 0 Å². The van der Waals surface area contributed by atoms with Crippen molar-refractivity contribution < 1.29 is 13.2 Å². The SMILES string of the molecule is Cc1ccc(S(=O)(=O)N2C/C(=C(/C(=O)c3ccccc3)c3ccccc3)[C@H](C)C2)cc1. The smallest absolute Gasteiger partial charge is 0.243 e. The van der Waals surface area contributed by atoms with Gasteiger partial charge in [-0.1, -0.05) is 85.3 Å². The first-order chi connectivity index (χ1) is 14.9. The van der Waals surface area contributed by atoms with E-state index in [4.69, 9.17) is 0 Å². The third kappa shape index (κ3) is 4.24. The van der Waals surface area contributed by atoms with E-state index in [1.54, 1.807) is 36.4 Å². The fourth-order valence-corrected chi connectivity index (χ4v) is 5.50. The standard InChI is InChI=1S/C26H25NO3S/c1-19-13-15-23(16-14-19)31(29,30)27-17-20(2)24(18-27)25(21-9-5-3-6-10-21)26(28)22-11-7-4-8-12-22/h3-16,20H,17-18H2,1-2H3/b25-24-/t20-/m1/s1. The molecule has 3 aromatic carbocycles. The van der Waals surface area contributed by atoms with Crippen LogP contribution in [0.15, 0.2) is 95.4 Å². The molecule has 158 valence electrons. The van der Waals surface area contributed by atoms with Crippen molar-refractivity contribution in [1.29, 1.82) is 0 Å². The van der Waals surface area contributed by atoms with Gasteiger partial charge in [0.15, 0.2) is 5.78 Å². The highest BCUT2D eigenvalue weighted by atomic mass is 32.2. The van der Waals surface area contributed by atoms with Crippen molar-refractivity contribution in [2.45, 2.75) is 18.7 Å². The molecule has 0 saturated carbocycles. The average molecular weight is 432 g/mol. The van der Waals surface area contributed by atoms with E-state index in [-0.39, 0.29) is 23.1 Å². The first-order valence-electron chi connectivity index (χ1n) is 10.3. The second-order valence-corrected chi connectivity index (χ2v) is 9.91. The van der Waals surface area contributed by atoms with E-state index in [0.717, 1.165) is 16.7 Å². The van der Waals surface area contributed by atoms with E-state index in [1.807, 2.05) is 62.4 Å². The summed E-state index contributed by atoms with van der Waals surface area (Å²) >= 11 is 0. The van der Waals surface area contributed by atoms with E-state index in [0.29, 0.717) is 17.7 Å². The van der Waals surface area contributed by atoms with Gasteiger partial charge in [0.25, 0.3) is 0 Å². The van der Waals surface area contributed by atoms with E-state index in [2.05, 4.69) is 0 Å². The summed E-state index contributed by atoms with van der Waals surface area (Å²) in [5, 5.41) is 0. The van der Waals surface area contributed by atoms with Gasteiger partial charge in [0.05, 0.1) is 4.90 Å². The van der Waals surface area contributed by atoms with Crippen molar-refractivity contribution in [1.82, 2.24) is 4.31 Å². The van der Waals surface area contributed by atoms with Gasteiger partial charge in [0.2, 0.25) is 10.0 Å². The molecule has 0 radical (unpaired) electrons. The number of hydrogen-bond donors (Lipinski definition) is 0. The van der Waals surface area contributed by atoms with Gasteiger partial charge in [-0.25, -0.2) is 8.42 Å². The monoisotopic (exact) mass is 431 g/mol. The molecule has 0 amide bonds. The molecule has 1 fully saturated rings. The number of sulfonamides is 1. The third-order valence-electron chi connectivity index (χ3n) is 5.72. The van der Waals surface area contributed by atoms with Crippen LogP contribution in [0.2, 0.25) is 0 Å². The summed E-state index contributed by atoms with van der Waals surface area (Å²) in [6.07, 6.45) is 0. The largest absolute Gasteiger partial charge is 0.289 e. The highest BCUT2D eigenvalue weighted by Crippen LogP contribution is 2.35. The van der Waals surface area contributed by atoms with Gasteiger partial charge < -0.3 is 0 Å². The van der Waals surface area contributed by atoms with Crippen LogP contribution in [0, 0.1) is 12.8 Å². The van der Waals surface area contributed by atoms with Crippen LogP contribution in [0.3, 0.4) is 0 Å². The third-order valence-corrected chi connectivity index (χ3v) is 7.55. The Morgan fingerprint density at radius 1 is 0.839 bits per heavy atom. The number of nitrogens with zero attached hydrogens (tertiary/aromatic N) is 1. The Kier molecular flexibility index (Phi) is 5.90. The van der Waals surface area contributed by atoms with E-state index in [1.165, 1.54) is 4.31 Å². The fourth-order valence-electron chi connectivity index (χ4n) is 3.99. The van der Waals surface area contributed by atoms with Crippen molar-refractivity contribution in [3.63, 3.8) is 0 Å². The zero-order valence-electron chi connectivity index (χ0n) is 17.7. The molecule has 31 heavy (non-hydrogen) atoms. The van der Waals surface area contributed by atoms with Gasteiger partial charge in [-0.15, -0.1) is 0 Å². The molecular weight excluding hydrogens is 406 g/mol. The number of aryl methyl sites for hydroxylation is 1. The summed E-state index contributed by atoms with van der Waals surface area (Å²) in [4.78, 5) is 13.8. The molecule has 0 aromatic heterocycles. The minimum Gasteiger partial charge on any atom is -0.289 e. The Hall–Kier alpha value is -3.02. The molecule has 1 aliphatic rings. The lowest BCUT2D eigenvalue weighted by molar-refractivity contribution is 0.105. The van der Waals surface area contributed by atoms with Gasteiger partial charge >= 0.3 is 0 Å². The molecule has 1 saturated heterocycles.